The van der Waals surface area contributed by atoms with Crippen LogP contribution >= 0.6 is 0 Å². The number of hydrogen-bond donors (Lipinski definition) is 1. The summed E-state index contributed by atoms with van der Waals surface area (Å²) in [5.74, 6) is 0.908. The Kier molecular flexibility index (Phi) is 11.3. The molecule has 0 heterocycles. The van der Waals surface area contributed by atoms with Crippen LogP contribution < -0.4 is 5.32 Å². The molecular formula is C14H32N2. The maximum atomic E-state index is 3.46. The Morgan fingerprint density at radius 3 is 2.06 bits per heavy atom. The first-order valence-electron chi connectivity index (χ1n) is 7.13. The Morgan fingerprint density at radius 2 is 1.56 bits per heavy atom. The number of hydrogen-bond acceptors (Lipinski definition) is 2. The van der Waals surface area contributed by atoms with Crippen molar-refractivity contribution in [3.05, 3.63) is 0 Å². The van der Waals surface area contributed by atoms with Crippen LogP contribution in [0.15, 0.2) is 0 Å². The van der Waals surface area contributed by atoms with Crippen LogP contribution in [-0.2, 0) is 0 Å². The molecule has 0 bridgehead atoms. The summed E-state index contributed by atoms with van der Waals surface area (Å²) in [5, 5.41) is 3.46. The lowest BCUT2D eigenvalue weighted by Crippen LogP contribution is -2.33. The summed E-state index contributed by atoms with van der Waals surface area (Å²) in [6.45, 7) is 11.6. The highest BCUT2D eigenvalue weighted by Gasteiger charge is 2.09. The Hall–Kier alpha value is -0.0800. The fourth-order valence-corrected chi connectivity index (χ4v) is 2.25. The van der Waals surface area contributed by atoms with Crippen molar-refractivity contribution in [2.75, 3.05) is 33.2 Å². The fraction of sp³-hybridized carbons (Fsp3) is 1.00. The molecule has 0 aromatic heterocycles. The number of nitrogens with one attached hydrogen (secondary N) is 1. The van der Waals surface area contributed by atoms with Gasteiger partial charge in [0.2, 0.25) is 0 Å². The second kappa shape index (κ2) is 11.4. The van der Waals surface area contributed by atoms with Crippen molar-refractivity contribution in [1.82, 2.24) is 10.2 Å². The Balaban J connectivity index is 3.59. The summed E-state index contributed by atoms with van der Waals surface area (Å²) in [4.78, 5) is 2.48. The number of rotatable bonds is 11. The van der Waals surface area contributed by atoms with Crippen LogP contribution in [0.1, 0.15) is 52.9 Å². The zero-order valence-corrected chi connectivity index (χ0v) is 11.9. The molecule has 0 spiro atoms. The predicted molar refractivity (Wildman–Crippen MR) is 74.0 cm³/mol. The number of likely N-dealkylation sites (N-methyl/N-ethyl adjacent to an activating group) is 1. The first kappa shape index (κ1) is 15.9. The standard InChI is InChI=1S/C14H32N2/c1-5-8-14(9-6-2)13-16(4)12-11-15-10-7-3/h14-15H,5-13H2,1-4H3. The van der Waals surface area contributed by atoms with E-state index in [0.717, 1.165) is 19.0 Å². The van der Waals surface area contributed by atoms with Crippen molar-refractivity contribution >= 4 is 0 Å². The normalized spacial score (nSPS) is 11.6. The molecule has 0 amide bonds. The minimum absolute atomic E-state index is 0.908. The van der Waals surface area contributed by atoms with Crippen LogP contribution in [0.25, 0.3) is 0 Å². The van der Waals surface area contributed by atoms with E-state index in [4.69, 9.17) is 0 Å². The molecule has 0 aromatic carbocycles. The van der Waals surface area contributed by atoms with Gasteiger partial charge in [0, 0.05) is 19.6 Å². The van der Waals surface area contributed by atoms with Crippen molar-refractivity contribution in [3.8, 4) is 0 Å². The van der Waals surface area contributed by atoms with Crippen molar-refractivity contribution in [1.29, 1.82) is 0 Å². The molecule has 0 saturated carbocycles. The summed E-state index contributed by atoms with van der Waals surface area (Å²) in [6, 6.07) is 0. The second-order valence-electron chi connectivity index (χ2n) is 4.96. The van der Waals surface area contributed by atoms with Gasteiger partial charge in [0.15, 0.2) is 0 Å². The van der Waals surface area contributed by atoms with E-state index in [-0.39, 0.29) is 0 Å². The monoisotopic (exact) mass is 228 g/mol. The third-order valence-electron chi connectivity index (χ3n) is 3.06. The second-order valence-corrected chi connectivity index (χ2v) is 4.96. The Morgan fingerprint density at radius 1 is 0.938 bits per heavy atom. The molecule has 0 rings (SSSR count). The molecular weight excluding hydrogens is 196 g/mol. The lowest BCUT2D eigenvalue weighted by Gasteiger charge is -2.23. The van der Waals surface area contributed by atoms with Gasteiger partial charge in [-0.3, -0.25) is 0 Å². The van der Waals surface area contributed by atoms with Gasteiger partial charge in [-0.25, -0.2) is 0 Å². The molecule has 16 heavy (non-hydrogen) atoms. The van der Waals surface area contributed by atoms with Crippen LogP contribution in [0.3, 0.4) is 0 Å². The van der Waals surface area contributed by atoms with E-state index in [9.17, 15) is 0 Å². The van der Waals surface area contributed by atoms with Gasteiger partial charge in [-0.15, -0.1) is 0 Å². The molecule has 0 radical (unpaired) electrons. The summed E-state index contributed by atoms with van der Waals surface area (Å²) in [7, 11) is 2.26. The largest absolute Gasteiger partial charge is 0.315 e. The molecule has 0 aliphatic carbocycles. The highest BCUT2D eigenvalue weighted by molar-refractivity contribution is 4.64. The first-order valence-corrected chi connectivity index (χ1v) is 7.13. The van der Waals surface area contributed by atoms with E-state index in [1.54, 1.807) is 0 Å². The molecule has 0 saturated heterocycles. The molecule has 0 fully saturated rings. The zero-order chi connectivity index (χ0) is 12.2. The molecule has 2 heteroatoms. The van der Waals surface area contributed by atoms with Crippen molar-refractivity contribution in [2.45, 2.75) is 52.9 Å². The molecule has 0 atom stereocenters. The lowest BCUT2D eigenvalue weighted by atomic mass is 9.98. The third kappa shape index (κ3) is 9.17. The minimum atomic E-state index is 0.908. The Labute approximate surface area is 103 Å². The smallest absolute Gasteiger partial charge is 0.0104 e. The fourth-order valence-electron chi connectivity index (χ4n) is 2.25. The van der Waals surface area contributed by atoms with Gasteiger partial charge in [0.1, 0.15) is 0 Å². The van der Waals surface area contributed by atoms with Gasteiger partial charge in [0.25, 0.3) is 0 Å². The lowest BCUT2D eigenvalue weighted by molar-refractivity contribution is 0.256. The maximum Gasteiger partial charge on any atom is 0.0104 e. The molecule has 0 unspecified atom stereocenters. The van der Waals surface area contributed by atoms with Gasteiger partial charge in [-0.05, 0) is 38.8 Å². The highest BCUT2D eigenvalue weighted by Crippen LogP contribution is 2.14. The molecule has 0 aliphatic rings. The van der Waals surface area contributed by atoms with Crippen LogP contribution in [0.4, 0.5) is 0 Å². The van der Waals surface area contributed by atoms with Crippen molar-refractivity contribution in [2.24, 2.45) is 5.92 Å². The van der Waals surface area contributed by atoms with Crippen LogP contribution in [-0.4, -0.2) is 38.1 Å². The maximum absolute atomic E-state index is 3.46. The van der Waals surface area contributed by atoms with E-state index in [1.165, 1.54) is 45.2 Å². The van der Waals surface area contributed by atoms with E-state index >= 15 is 0 Å². The van der Waals surface area contributed by atoms with Crippen LogP contribution in [0.2, 0.25) is 0 Å². The molecule has 0 aliphatic heterocycles. The minimum Gasteiger partial charge on any atom is -0.315 e. The van der Waals surface area contributed by atoms with E-state index in [2.05, 4.69) is 38.0 Å². The summed E-state index contributed by atoms with van der Waals surface area (Å²) in [6.07, 6.45) is 6.67. The SMILES string of the molecule is CCCNCCN(C)CC(CCC)CCC. The molecule has 1 N–H and O–H groups in total. The van der Waals surface area contributed by atoms with E-state index < -0.39 is 0 Å². The van der Waals surface area contributed by atoms with Gasteiger partial charge >= 0.3 is 0 Å². The third-order valence-corrected chi connectivity index (χ3v) is 3.06. The van der Waals surface area contributed by atoms with Crippen LogP contribution in [0, 0.1) is 5.92 Å². The van der Waals surface area contributed by atoms with Gasteiger partial charge in [-0.2, -0.15) is 0 Å². The van der Waals surface area contributed by atoms with E-state index in [1.807, 2.05) is 0 Å². The van der Waals surface area contributed by atoms with Crippen LogP contribution in [0.5, 0.6) is 0 Å². The summed E-state index contributed by atoms with van der Waals surface area (Å²) in [5.41, 5.74) is 0. The van der Waals surface area contributed by atoms with Gasteiger partial charge in [-0.1, -0.05) is 33.6 Å². The van der Waals surface area contributed by atoms with Crippen molar-refractivity contribution < 1.29 is 0 Å². The predicted octanol–water partition coefficient (Wildman–Crippen LogP) is 3.13. The summed E-state index contributed by atoms with van der Waals surface area (Å²) < 4.78 is 0. The van der Waals surface area contributed by atoms with Gasteiger partial charge in [0.05, 0.1) is 0 Å². The average Bonchev–Trinajstić information content (AvgIpc) is 2.25. The highest BCUT2D eigenvalue weighted by atomic mass is 15.1. The quantitative estimate of drug-likeness (QED) is 0.547. The van der Waals surface area contributed by atoms with Gasteiger partial charge < -0.3 is 10.2 Å². The number of nitrogens with zero attached hydrogens (tertiary/aromatic N) is 1. The average molecular weight is 228 g/mol. The summed E-state index contributed by atoms with van der Waals surface area (Å²) >= 11 is 0. The Bertz CT molecular complexity index is 131. The van der Waals surface area contributed by atoms with E-state index in [0.29, 0.717) is 0 Å². The first-order chi connectivity index (χ1) is 7.74. The molecule has 98 valence electrons. The van der Waals surface area contributed by atoms with Crippen molar-refractivity contribution in [3.63, 3.8) is 0 Å². The molecule has 0 aromatic rings. The topological polar surface area (TPSA) is 15.3 Å². The molecule has 2 nitrogen and oxygen atoms in total. The zero-order valence-electron chi connectivity index (χ0n) is 11.9.